The maximum absolute atomic E-state index is 12.7. The van der Waals surface area contributed by atoms with Gasteiger partial charge in [-0.25, -0.2) is 4.79 Å². The maximum Gasteiger partial charge on any atom is 0.416 e. The van der Waals surface area contributed by atoms with E-state index in [0.717, 1.165) is 18.2 Å². The van der Waals surface area contributed by atoms with Crippen LogP contribution in [0.5, 0.6) is 0 Å². The Morgan fingerprint density at radius 1 is 1.07 bits per heavy atom. The molecule has 142 valence electrons. The van der Waals surface area contributed by atoms with E-state index in [1.165, 1.54) is 30.0 Å². The van der Waals surface area contributed by atoms with Gasteiger partial charge < -0.3 is 9.64 Å². The molecule has 0 saturated carbocycles. The molecule has 2 aromatic carbocycles. The van der Waals surface area contributed by atoms with Crippen molar-refractivity contribution in [3.63, 3.8) is 0 Å². The number of alkyl halides is 3. The Morgan fingerprint density at radius 3 is 2.37 bits per heavy atom. The van der Waals surface area contributed by atoms with Crippen molar-refractivity contribution in [2.24, 2.45) is 0 Å². The van der Waals surface area contributed by atoms with Gasteiger partial charge in [0.25, 0.3) is 5.91 Å². The third-order valence-corrected chi connectivity index (χ3v) is 3.74. The summed E-state index contributed by atoms with van der Waals surface area (Å²) >= 11 is 0. The highest BCUT2D eigenvalue weighted by molar-refractivity contribution is 5.98. The van der Waals surface area contributed by atoms with Crippen LogP contribution in [0, 0.1) is 0 Å². The number of benzene rings is 2. The summed E-state index contributed by atoms with van der Waals surface area (Å²) in [6.45, 7) is 1.43. The highest BCUT2D eigenvalue weighted by Gasteiger charge is 2.30. The fourth-order valence-corrected chi connectivity index (χ4v) is 2.30. The van der Waals surface area contributed by atoms with Gasteiger partial charge in [-0.3, -0.25) is 4.79 Å². The van der Waals surface area contributed by atoms with Crippen LogP contribution in [0.1, 0.15) is 18.1 Å². The summed E-state index contributed by atoms with van der Waals surface area (Å²) in [4.78, 5) is 25.5. The monoisotopic (exact) mass is 377 g/mol. The summed E-state index contributed by atoms with van der Waals surface area (Å²) in [5, 5.41) is 0. The molecule has 2 aromatic rings. The Morgan fingerprint density at radius 2 is 1.74 bits per heavy atom. The lowest BCUT2D eigenvalue weighted by atomic mass is 10.1. The van der Waals surface area contributed by atoms with Crippen LogP contribution in [-0.2, 0) is 20.5 Å². The van der Waals surface area contributed by atoms with Crippen molar-refractivity contribution in [3.8, 4) is 0 Å². The van der Waals surface area contributed by atoms with Gasteiger partial charge in [0.05, 0.1) is 5.56 Å². The zero-order valence-corrected chi connectivity index (χ0v) is 14.7. The van der Waals surface area contributed by atoms with Crippen molar-refractivity contribution in [1.29, 1.82) is 0 Å². The van der Waals surface area contributed by atoms with Crippen molar-refractivity contribution in [3.05, 3.63) is 71.8 Å². The molecule has 7 heteroatoms. The lowest BCUT2D eigenvalue weighted by Crippen LogP contribution is -2.37. The Hall–Kier alpha value is -3.09. The van der Waals surface area contributed by atoms with Crippen LogP contribution in [0.15, 0.2) is 60.7 Å². The molecule has 0 bridgehead atoms. The smallest absolute Gasteiger partial charge is 0.416 e. The molecule has 0 heterocycles. The molecule has 0 saturated heterocycles. The first-order valence-electron chi connectivity index (χ1n) is 8.07. The lowest BCUT2D eigenvalue weighted by molar-refractivity contribution is -0.148. The molecule has 0 spiro atoms. The number of nitrogens with zero attached hydrogens (tertiary/aromatic N) is 1. The molecule has 0 aliphatic heterocycles. The van der Waals surface area contributed by atoms with Crippen LogP contribution in [0.2, 0.25) is 0 Å². The molecule has 1 atom stereocenters. The number of rotatable bonds is 5. The Bertz CT molecular complexity index is 832. The number of ether oxygens (including phenoxy) is 1. The third kappa shape index (κ3) is 5.70. The first-order chi connectivity index (χ1) is 12.7. The number of anilines is 1. The largest absolute Gasteiger partial charge is 0.449 e. The topological polar surface area (TPSA) is 46.6 Å². The van der Waals surface area contributed by atoms with Crippen LogP contribution in [0.4, 0.5) is 18.9 Å². The van der Waals surface area contributed by atoms with E-state index in [2.05, 4.69) is 0 Å². The van der Waals surface area contributed by atoms with E-state index < -0.39 is 29.7 Å². The van der Waals surface area contributed by atoms with E-state index >= 15 is 0 Å². The number of hydrogen-bond acceptors (Lipinski definition) is 3. The second-order valence-electron chi connectivity index (χ2n) is 5.77. The third-order valence-electron chi connectivity index (χ3n) is 3.74. The number of likely N-dealkylation sites (N-methyl/N-ethyl adjacent to an activating group) is 1. The van der Waals surface area contributed by atoms with Crippen LogP contribution >= 0.6 is 0 Å². The summed E-state index contributed by atoms with van der Waals surface area (Å²) in [6.07, 6.45) is -3.32. The molecule has 0 aliphatic carbocycles. The number of hydrogen-bond donors (Lipinski definition) is 0. The van der Waals surface area contributed by atoms with E-state index in [-0.39, 0.29) is 5.56 Å². The van der Waals surface area contributed by atoms with Crippen molar-refractivity contribution in [2.45, 2.75) is 19.2 Å². The molecule has 4 nitrogen and oxygen atoms in total. The number of para-hydroxylation sites is 1. The van der Waals surface area contributed by atoms with Crippen molar-refractivity contribution in [1.82, 2.24) is 0 Å². The molecule has 2 rings (SSSR count). The maximum atomic E-state index is 12.7. The molecule has 0 aromatic heterocycles. The van der Waals surface area contributed by atoms with Gasteiger partial charge in [0, 0.05) is 18.8 Å². The lowest BCUT2D eigenvalue weighted by Gasteiger charge is -2.21. The number of carbonyl (C=O) groups is 2. The molecule has 1 amide bonds. The van der Waals surface area contributed by atoms with Gasteiger partial charge in [-0.1, -0.05) is 30.3 Å². The van der Waals surface area contributed by atoms with Crippen molar-refractivity contribution < 1.29 is 27.5 Å². The molecular weight excluding hydrogens is 359 g/mol. The van der Waals surface area contributed by atoms with Gasteiger partial charge >= 0.3 is 12.1 Å². The van der Waals surface area contributed by atoms with Crippen molar-refractivity contribution >= 4 is 23.6 Å². The molecule has 0 unspecified atom stereocenters. The summed E-state index contributed by atoms with van der Waals surface area (Å²) in [5.41, 5.74) is 0.0260. The molecule has 0 N–H and O–H groups in total. The second kappa shape index (κ2) is 8.53. The fraction of sp³-hybridized carbons (Fsp3) is 0.200. The first kappa shape index (κ1) is 20.2. The minimum atomic E-state index is -4.46. The predicted octanol–water partition coefficient (Wildman–Crippen LogP) is 4.31. The zero-order chi connectivity index (χ0) is 20.0. The standard InChI is InChI=1S/C20H18F3NO3/c1-14(19(26)24(2)17-9-4-3-5-10-17)27-18(25)12-11-15-7-6-8-16(13-15)20(21,22)23/h3-14H,1-2H3/b12-11+/t14-/m0/s1. The predicted molar refractivity (Wildman–Crippen MR) is 95.9 cm³/mol. The van der Waals surface area contributed by atoms with Crippen LogP contribution in [0.3, 0.4) is 0 Å². The SMILES string of the molecule is C[C@H](OC(=O)/C=C/c1cccc(C(F)(F)F)c1)C(=O)N(C)c1ccccc1. The summed E-state index contributed by atoms with van der Waals surface area (Å²) in [7, 11) is 1.56. The minimum Gasteiger partial charge on any atom is -0.449 e. The van der Waals surface area contributed by atoms with E-state index in [1.807, 2.05) is 6.07 Å². The highest BCUT2D eigenvalue weighted by atomic mass is 19.4. The fourth-order valence-electron chi connectivity index (χ4n) is 2.30. The van der Waals surface area contributed by atoms with Gasteiger partial charge in [0.1, 0.15) is 0 Å². The average molecular weight is 377 g/mol. The van der Waals surface area contributed by atoms with Gasteiger partial charge in [-0.15, -0.1) is 0 Å². The van der Waals surface area contributed by atoms with E-state index in [1.54, 1.807) is 31.3 Å². The molecule has 27 heavy (non-hydrogen) atoms. The Balaban J connectivity index is 1.98. The molecule has 0 aliphatic rings. The van der Waals surface area contributed by atoms with E-state index in [4.69, 9.17) is 4.74 Å². The number of halogens is 3. The minimum absolute atomic E-state index is 0.196. The van der Waals surface area contributed by atoms with E-state index in [0.29, 0.717) is 5.69 Å². The Labute approximate surface area is 154 Å². The van der Waals surface area contributed by atoms with Gasteiger partial charge in [0.15, 0.2) is 6.10 Å². The van der Waals surface area contributed by atoms with Crippen molar-refractivity contribution in [2.75, 3.05) is 11.9 Å². The Kier molecular flexibility index (Phi) is 6.39. The zero-order valence-electron chi connectivity index (χ0n) is 14.7. The van der Waals surface area contributed by atoms with Gasteiger partial charge in [0.2, 0.25) is 0 Å². The number of carbonyl (C=O) groups excluding carboxylic acids is 2. The normalized spacial score (nSPS) is 12.6. The molecule has 0 radical (unpaired) electrons. The summed E-state index contributed by atoms with van der Waals surface area (Å²) in [5.74, 6) is -1.25. The van der Waals surface area contributed by atoms with Gasteiger partial charge in [-0.2, -0.15) is 13.2 Å². The van der Waals surface area contributed by atoms with Gasteiger partial charge in [-0.05, 0) is 42.8 Å². The van der Waals surface area contributed by atoms with Crippen LogP contribution < -0.4 is 4.90 Å². The quantitative estimate of drug-likeness (QED) is 0.576. The van der Waals surface area contributed by atoms with Crippen LogP contribution in [-0.4, -0.2) is 25.0 Å². The summed E-state index contributed by atoms with van der Waals surface area (Å²) in [6, 6.07) is 13.4. The number of amides is 1. The molecule has 0 fully saturated rings. The average Bonchev–Trinajstić information content (AvgIpc) is 2.65. The number of esters is 1. The first-order valence-corrected chi connectivity index (χ1v) is 8.07. The highest BCUT2D eigenvalue weighted by Crippen LogP contribution is 2.29. The van der Waals surface area contributed by atoms with E-state index in [9.17, 15) is 22.8 Å². The molecular formula is C20H18F3NO3. The second-order valence-corrected chi connectivity index (χ2v) is 5.77. The summed E-state index contributed by atoms with van der Waals surface area (Å²) < 4.78 is 43.1. The van der Waals surface area contributed by atoms with Crippen LogP contribution in [0.25, 0.3) is 6.08 Å².